The van der Waals surface area contributed by atoms with Gasteiger partial charge in [0.2, 0.25) is 0 Å². The van der Waals surface area contributed by atoms with Crippen molar-refractivity contribution in [3.05, 3.63) is 39.1 Å². The maximum absolute atomic E-state index is 12.1. The van der Waals surface area contributed by atoms with Gasteiger partial charge in [0.05, 0.1) is 5.39 Å². The van der Waals surface area contributed by atoms with E-state index in [1.807, 2.05) is 29.8 Å². The van der Waals surface area contributed by atoms with E-state index in [0.29, 0.717) is 0 Å². The Morgan fingerprint density at radius 1 is 1.41 bits per heavy atom. The van der Waals surface area contributed by atoms with Crippen molar-refractivity contribution in [2.24, 2.45) is 0 Å². The number of H-pyrrole nitrogens is 1. The number of nitrogens with zero attached hydrogens (tertiary/aromatic N) is 1. The molecule has 0 aromatic carbocycles. The summed E-state index contributed by atoms with van der Waals surface area (Å²) in [7, 11) is 0. The molecule has 0 saturated heterocycles. The summed E-state index contributed by atoms with van der Waals surface area (Å²) in [5.74, 6) is 0.752. The number of nitrogens with one attached hydrogen (secondary N) is 1. The molecule has 3 nitrogen and oxygen atoms in total. The van der Waals surface area contributed by atoms with Gasteiger partial charge in [0.15, 0.2) is 0 Å². The van der Waals surface area contributed by atoms with E-state index in [-0.39, 0.29) is 5.56 Å². The van der Waals surface area contributed by atoms with Crippen LogP contribution >= 0.6 is 22.7 Å². The van der Waals surface area contributed by atoms with Gasteiger partial charge in [-0.25, -0.2) is 4.98 Å². The third kappa shape index (κ3) is 1.71. The van der Waals surface area contributed by atoms with Crippen molar-refractivity contribution in [1.82, 2.24) is 9.97 Å². The zero-order valence-corrected chi connectivity index (χ0v) is 10.8. The third-order valence-electron chi connectivity index (χ3n) is 2.61. The second kappa shape index (κ2) is 4.09. The molecule has 0 unspecified atom stereocenters. The molecule has 0 saturated carbocycles. The van der Waals surface area contributed by atoms with Crippen molar-refractivity contribution < 1.29 is 0 Å². The van der Waals surface area contributed by atoms with Crippen LogP contribution in [0, 0.1) is 0 Å². The number of hydrogen-bond acceptors (Lipinski definition) is 4. The van der Waals surface area contributed by atoms with Crippen molar-refractivity contribution in [1.29, 1.82) is 0 Å². The molecule has 5 heteroatoms. The molecule has 0 bridgehead atoms. The van der Waals surface area contributed by atoms with Gasteiger partial charge < -0.3 is 4.98 Å². The van der Waals surface area contributed by atoms with Crippen LogP contribution in [-0.4, -0.2) is 9.97 Å². The zero-order valence-electron chi connectivity index (χ0n) is 9.19. The largest absolute Gasteiger partial charge is 0.310 e. The first-order chi connectivity index (χ1) is 8.29. The second-order valence-electron chi connectivity index (χ2n) is 3.67. The van der Waals surface area contributed by atoms with Crippen molar-refractivity contribution in [2.75, 3.05) is 0 Å². The molecular formula is C12H10N2OS2. The molecule has 0 aliphatic heterocycles. The number of aromatic amines is 1. The Bertz CT molecular complexity index is 710. The summed E-state index contributed by atoms with van der Waals surface area (Å²) in [6, 6.07) is 4.02. The maximum Gasteiger partial charge on any atom is 0.260 e. The third-order valence-corrected chi connectivity index (χ3v) is 4.39. The molecule has 0 aliphatic rings. The molecule has 3 rings (SSSR count). The van der Waals surface area contributed by atoms with E-state index >= 15 is 0 Å². The van der Waals surface area contributed by atoms with E-state index < -0.39 is 0 Å². The fraction of sp³-hybridized carbons (Fsp3) is 0.167. The topological polar surface area (TPSA) is 45.8 Å². The molecule has 1 N–H and O–H groups in total. The molecule has 0 atom stereocenters. The van der Waals surface area contributed by atoms with Gasteiger partial charge in [-0.3, -0.25) is 4.79 Å². The lowest BCUT2D eigenvalue weighted by Crippen LogP contribution is -2.10. The quantitative estimate of drug-likeness (QED) is 0.770. The van der Waals surface area contributed by atoms with E-state index in [4.69, 9.17) is 0 Å². The van der Waals surface area contributed by atoms with Crippen molar-refractivity contribution in [3.63, 3.8) is 0 Å². The summed E-state index contributed by atoms with van der Waals surface area (Å²) in [6.45, 7) is 1.98. The van der Waals surface area contributed by atoms with E-state index in [2.05, 4.69) is 9.97 Å². The minimum atomic E-state index is -0.0310. The maximum atomic E-state index is 12.1. The predicted octanol–water partition coefficient (Wildman–Crippen LogP) is 3.28. The minimum absolute atomic E-state index is 0.0310. The molecule has 0 radical (unpaired) electrons. The molecular weight excluding hydrogens is 252 g/mol. The highest BCUT2D eigenvalue weighted by Gasteiger charge is 2.12. The van der Waals surface area contributed by atoms with Gasteiger partial charge in [0.25, 0.3) is 5.56 Å². The molecule has 3 aromatic heterocycles. The zero-order chi connectivity index (χ0) is 11.8. The summed E-state index contributed by atoms with van der Waals surface area (Å²) < 4.78 is 0. The first kappa shape index (κ1) is 10.7. The highest BCUT2D eigenvalue weighted by atomic mass is 32.1. The van der Waals surface area contributed by atoms with Crippen LogP contribution in [0.3, 0.4) is 0 Å². The molecule has 17 heavy (non-hydrogen) atoms. The molecule has 0 spiro atoms. The molecule has 0 fully saturated rings. The second-order valence-corrected chi connectivity index (χ2v) is 5.48. The SMILES string of the molecule is CCc1nc2scc(-c3cccs3)c2c(=O)[nH]1. The molecule has 3 heterocycles. The van der Waals surface area contributed by atoms with Gasteiger partial charge in [-0.15, -0.1) is 22.7 Å². The molecule has 0 amide bonds. The van der Waals surface area contributed by atoms with Gasteiger partial charge in [-0.05, 0) is 11.4 Å². The number of thiophene rings is 2. The Kier molecular flexibility index (Phi) is 2.57. The monoisotopic (exact) mass is 262 g/mol. The average Bonchev–Trinajstić information content (AvgIpc) is 2.96. The molecule has 86 valence electrons. The van der Waals surface area contributed by atoms with Crippen molar-refractivity contribution in [2.45, 2.75) is 13.3 Å². The first-order valence-corrected chi connectivity index (χ1v) is 7.09. The van der Waals surface area contributed by atoms with Crippen molar-refractivity contribution >= 4 is 32.9 Å². The highest BCUT2D eigenvalue weighted by Crippen LogP contribution is 2.33. The van der Waals surface area contributed by atoms with E-state index in [9.17, 15) is 4.79 Å². The Labute approximate surface area is 106 Å². The smallest absolute Gasteiger partial charge is 0.260 e. The van der Waals surface area contributed by atoms with Crippen LogP contribution in [0.4, 0.5) is 0 Å². The van der Waals surface area contributed by atoms with Crippen LogP contribution in [0.5, 0.6) is 0 Å². The lowest BCUT2D eigenvalue weighted by atomic mass is 10.2. The lowest BCUT2D eigenvalue weighted by Gasteiger charge is -1.97. The molecule has 0 aliphatic carbocycles. The van der Waals surface area contributed by atoms with E-state index in [1.54, 1.807) is 11.3 Å². The first-order valence-electron chi connectivity index (χ1n) is 5.34. The summed E-state index contributed by atoms with van der Waals surface area (Å²) in [6.07, 6.45) is 0.747. The Morgan fingerprint density at radius 3 is 3.00 bits per heavy atom. The highest BCUT2D eigenvalue weighted by molar-refractivity contribution is 7.18. The van der Waals surface area contributed by atoms with Gasteiger partial charge in [0.1, 0.15) is 10.7 Å². The Balaban J connectivity index is 2.33. The van der Waals surface area contributed by atoms with Gasteiger partial charge in [-0.1, -0.05) is 13.0 Å². The summed E-state index contributed by atoms with van der Waals surface area (Å²) in [5.41, 5.74) is 0.966. The van der Waals surface area contributed by atoms with Crippen LogP contribution in [0.25, 0.3) is 20.7 Å². The number of aromatic nitrogens is 2. The molecule has 3 aromatic rings. The van der Waals surface area contributed by atoms with E-state index in [1.165, 1.54) is 11.3 Å². The van der Waals surface area contributed by atoms with Crippen LogP contribution in [0.1, 0.15) is 12.7 Å². The van der Waals surface area contributed by atoms with E-state index in [0.717, 1.165) is 32.9 Å². The number of hydrogen-bond donors (Lipinski definition) is 1. The fourth-order valence-electron chi connectivity index (χ4n) is 1.77. The summed E-state index contributed by atoms with van der Waals surface area (Å²) in [5, 5.41) is 4.74. The van der Waals surface area contributed by atoms with Gasteiger partial charge in [-0.2, -0.15) is 0 Å². The normalized spacial score (nSPS) is 11.1. The number of rotatable bonds is 2. The van der Waals surface area contributed by atoms with Crippen molar-refractivity contribution in [3.8, 4) is 10.4 Å². The summed E-state index contributed by atoms with van der Waals surface area (Å²) in [4.78, 5) is 21.3. The Hall–Kier alpha value is -1.46. The number of aryl methyl sites for hydroxylation is 1. The Morgan fingerprint density at radius 2 is 2.29 bits per heavy atom. The number of fused-ring (bicyclic) bond motifs is 1. The minimum Gasteiger partial charge on any atom is -0.310 e. The fourth-order valence-corrected chi connectivity index (χ4v) is 3.56. The van der Waals surface area contributed by atoms with Crippen LogP contribution in [0.2, 0.25) is 0 Å². The van der Waals surface area contributed by atoms with Crippen LogP contribution < -0.4 is 5.56 Å². The van der Waals surface area contributed by atoms with Crippen LogP contribution in [0.15, 0.2) is 27.7 Å². The summed E-state index contributed by atoms with van der Waals surface area (Å²) >= 11 is 3.17. The predicted molar refractivity (Wildman–Crippen MR) is 72.9 cm³/mol. The van der Waals surface area contributed by atoms with Gasteiger partial charge >= 0.3 is 0 Å². The van der Waals surface area contributed by atoms with Crippen LogP contribution in [-0.2, 0) is 6.42 Å². The lowest BCUT2D eigenvalue weighted by molar-refractivity contribution is 0.948. The van der Waals surface area contributed by atoms with Gasteiger partial charge in [0, 0.05) is 22.2 Å². The average molecular weight is 262 g/mol. The standard InChI is InChI=1S/C12H10N2OS2/c1-2-9-13-11(15)10-7(6-17-12(10)14-9)8-4-3-5-16-8/h3-6H,2H2,1H3,(H,13,14,15).